The molecule has 2 aromatic rings. The number of nitrogens with one attached hydrogen (secondary N) is 1. The Labute approximate surface area is 127 Å². The summed E-state index contributed by atoms with van der Waals surface area (Å²) in [6.07, 6.45) is 4.68. The van der Waals surface area contributed by atoms with Crippen LogP contribution in [0.1, 0.15) is 32.4 Å². The largest absolute Gasteiger partial charge is 0.355 e. The molecule has 4 nitrogen and oxygen atoms in total. The Morgan fingerprint density at radius 2 is 2.05 bits per heavy atom. The molecule has 114 valence electrons. The molecule has 0 atom stereocenters. The molecule has 4 heteroatoms. The fourth-order valence-electron chi connectivity index (χ4n) is 3.40. The molecule has 0 aromatic carbocycles. The Kier molecular flexibility index (Phi) is 4.15. The number of anilines is 1. The molecule has 2 aromatic heterocycles. The van der Waals surface area contributed by atoms with E-state index in [4.69, 9.17) is 4.98 Å². The van der Waals surface area contributed by atoms with Gasteiger partial charge in [-0.2, -0.15) is 0 Å². The number of rotatable bonds is 4. The molecule has 3 heterocycles. The molecule has 0 unspecified atom stereocenters. The molecule has 1 saturated heterocycles. The summed E-state index contributed by atoms with van der Waals surface area (Å²) >= 11 is 0. The van der Waals surface area contributed by atoms with Crippen LogP contribution in [-0.4, -0.2) is 29.5 Å². The van der Waals surface area contributed by atoms with Crippen LogP contribution < -0.4 is 10.2 Å². The van der Waals surface area contributed by atoms with Gasteiger partial charge in [0.05, 0.1) is 5.69 Å². The molecule has 0 aliphatic carbocycles. The Balaban J connectivity index is 1.88. The molecule has 21 heavy (non-hydrogen) atoms. The summed E-state index contributed by atoms with van der Waals surface area (Å²) in [6.45, 7) is 7.80. The first-order valence-electron chi connectivity index (χ1n) is 8.06. The van der Waals surface area contributed by atoms with Gasteiger partial charge < -0.3 is 14.6 Å². The van der Waals surface area contributed by atoms with Crippen molar-refractivity contribution in [1.82, 2.24) is 14.7 Å². The maximum Gasteiger partial charge on any atom is 0.152 e. The molecule has 0 radical (unpaired) electrons. The predicted molar refractivity (Wildman–Crippen MR) is 87.7 cm³/mol. The zero-order valence-corrected chi connectivity index (χ0v) is 13.3. The average molecular weight is 286 g/mol. The van der Waals surface area contributed by atoms with E-state index in [0.29, 0.717) is 0 Å². The summed E-state index contributed by atoms with van der Waals surface area (Å²) < 4.78 is 2.21. The van der Waals surface area contributed by atoms with Gasteiger partial charge in [0.2, 0.25) is 0 Å². The van der Waals surface area contributed by atoms with Crippen molar-refractivity contribution in [3.63, 3.8) is 0 Å². The third-order valence-corrected chi connectivity index (χ3v) is 4.73. The standard InChI is InChI=1S/C17H26N4/c1-13(2)14-7-10-20(11-8-14)17-15(12-18-3)21-9-5-4-6-16(21)19-17/h4-6,9,13-14,18H,7-8,10-12H2,1-3H3. The van der Waals surface area contributed by atoms with Gasteiger partial charge >= 0.3 is 0 Å². The Morgan fingerprint density at radius 1 is 1.29 bits per heavy atom. The molecule has 0 bridgehead atoms. The highest BCUT2D eigenvalue weighted by molar-refractivity contribution is 5.56. The van der Waals surface area contributed by atoms with Crippen LogP contribution in [0.5, 0.6) is 0 Å². The number of aromatic nitrogens is 2. The van der Waals surface area contributed by atoms with Crippen LogP contribution >= 0.6 is 0 Å². The van der Waals surface area contributed by atoms with E-state index < -0.39 is 0 Å². The minimum atomic E-state index is 0.796. The van der Waals surface area contributed by atoms with E-state index >= 15 is 0 Å². The van der Waals surface area contributed by atoms with E-state index in [9.17, 15) is 0 Å². The SMILES string of the molecule is CNCc1c(N2CCC(C(C)C)CC2)nc2ccccn12. The van der Waals surface area contributed by atoms with Crippen LogP contribution in [0.25, 0.3) is 5.65 Å². The van der Waals surface area contributed by atoms with Crippen molar-refractivity contribution in [3.8, 4) is 0 Å². The number of piperidine rings is 1. The van der Waals surface area contributed by atoms with Crippen molar-refractivity contribution in [2.75, 3.05) is 25.0 Å². The second-order valence-corrected chi connectivity index (χ2v) is 6.41. The van der Waals surface area contributed by atoms with Crippen LogP contribution in [0.3, 0.4) is 0 Å². The fraction of sp³-hybridized carbons (Fsp3) is 0.588. The molecule has 0 spiro atoms. The second-order valence-electron chi connectivity index (χ2n) is 6.41. The molecule has 3 rings (SSSR count). The van der Waals surface area contributed by atoms with Crippen molar-refractivity contribution in [1.29, 1.82) is 0 Å². The Morgan fingerprint density at radius 3 is 2.71 bits per heavy atom. The van der Waals surface area contributed by atoms with Crippen molar-refractivity contribution < 1.29 is 0 Å². The molecule has 1 aliphatic rings. The number of nitrogens with zero attached hydrogens (tertiary/aromatic N) is 3. The highest BCUT2D eigenvalue weighted by Crippen LogP contribution is 2.29. The molecule has 1 N–H and O–H groups in total. The maximum atomic E-state index is 4.87. The molecule has 0 amide bonds. The van der Waals surface area contributed by atoms with Gasteiger partial charge in [-0.05, 0) is 43.9 Å². The van der Waals surface area contributed by atoms with Gasteiger partial charge in [-0.3, -0.25) is 0 Å². The Bertz CT molecular complexity index is 594. The lowest BCUT2D eigenvalue weighted by Crippen LogP contribution is -2.36. The van der Waals surface area contributed by atoms with Gasteiger partial charge in [-0.25, -0.2) is 4.98 Å². The lowest BCUT2D eigenvalue weighted by Gasteiger charge is -2.34. The molecule has 1 aliphatic heterocycles. The smallest absolute Gasteiger partial charge is 0.152 e. The van der Waals surface area contributed by atoms with Gasteiger partial charge in [-0.1, -0.05) is 19.9 Å². The number of fused-ring (bicyclic) bond motifs is 1. The minimum absolute atomic E-state index is 0.796. The topological polar surface area (TPSA) is 32.6 Å². The zero-order valence-electron chi connectivity index (χ0n) is 13.3. The summed E-state index contributed by atoms with van der Waals surface area (Å²) in [5, 5.41) is 3.28. The van der Waals surface area contributed by atoms with Gasteiger partial charge in [0, 0.05) is 25.8 Å². The van der Waals surface area contributed by atoms with Gasteiger partial charge in [0.1, 0.15) is 5.65 Å². The number of hydrogen-bond donors (Lipinski definition) is 1. The summed E-state index contributed by atoms with van der Waals surface area (Å²) in [5.74, 6) is 2.83. The van der Waals surface area contributed by atoms with Crippen LogP contribution in [0.2, 0.25) is 0 Å². The monoisotopic (exact) mass is 286 g/mol. The number of imidazole rings is 1. The number of hydrogen-bond acceptors (Lipinski definition) is 3. The summed E-state index contributed by atoms with van der Waals surface area (Å²) in [7, 11) is 2.00. The van der Waals surface area contributed by atoms with Crippen molar-refractivity contribution in [2.24, 2.45) is 11.8 Å². The zero-order chi connectivity index (χ0) is 14.8. The summed E-state index contributed by atoms with van der Waals surface area (Å²) in [4.78, 5) is 7.34. The highest BCUT2D eigenvalue weighted by atomic mass is 15.2. The predicted octanol–water partition coefficient (Wildman–Crippen LogP) is 2.93. The minimum Gasteiger partial charge on any atom is -0.355 e. The van der Waals surface area contributed by atoms with Crippen molar-refractivity contribution in [3.05, 3.63) is 30.1 Å². The molecule has 1 fully saturated rings. The van der Waals surface area contributed by atoms with E-state index in [1.807, 2.05) is 7.05 Å². The molecule has 0 saturated carbocycles. The van der Waals surface area contributed by atoms with E-state index in [1.54, 1.807) is 0 Å². The normalized spacial score (nSPS) is 17.0. The lowest BCUT2D eigenvalue weighted by atomic mass is 9.87. The fourth-order valence-corrected chi connectivity index (χ4v) is 3.40. The molecular weight excluding hydrogens is 260 g/mol. The Hall–Kier alpha value is -1.55. The maximum absolute atomic E-state index is 4.87. The van der Waals surface area contributed by atoms with Crippen LogP contribution in [-0.2, 0) is 6.54 Å². The van der Waals surface area contributed by atoms with E-state index in [1.165, 1.54) is 18.5 Å². The quantitative estimate of drug-likeness (QED) is 0.938. The van der Waals surface area contributed by atoms with Gasteiger partial charge in [-0.15, -0.1) is 0 Å². The van der Waals surface area contributed by atoms with E-state index in [0.717, 1.165) is 42.9 Å². The average Bonchev–Trinajstić information content (AvgIpc) is 2.87. The number of pyridine rings is 1. The third kappa shape index (κ3) is 2.77. The van der Waals surface area contributed by atoms with Gasteiger partial charge in [0.25, 0.3) is 0 Å². The first-order chi connectivity index (χ1) is 10.2. The van der Waals surface area contributed by atoms with E-state index in [-0.39, 0.29) is 0 Å². The highest BCUT2D eigenvalue weighted by Gasteiger charge is 2.25. The van der Waals surface area contributed by atoms with Crippen molar-refractivity contribution in [2.45, 2.75) is 33.2 Å². The first-order valence-corrected chi connectivity index (χ1v) is 8.06. The van der Waals surface area contributed by atoms with Crippen LogP contribution in [0.15, 0.2) is 24.4 Å². The van der Waals surface area contributed by atoms with Crippen LogP contribution in [0, 0.1) is 11.8 Å². The van der Waals surface area contributed by atoms with Crippen molar-refractivity contribution >= 4 is 11.5 Å². The van der Waals surface area contributed by atoms with Gasteiger partial charge in [0.15, 0.2) is 5.82 Å². The molecular formula is C17H26N4. The third-order valence-electron chi connectivity index (χ3n) is 4.73. The second kappa shape index (κ2) is 6.06. The summed E-state index contributed by atoms with van der Waals surface area (Å²) in [6, 6.07) is 6.21. The lowest BCUT2D eigenvalue weighted by molar-refractivity contribution is 0.310. The first kappa shape index (κ1) is 14.4. The van der Waals surface area contributed by atoms with Crippen LogP contribution in [0.4, 0.5) is 5.82 Å². The van der Waals surface area contributed by atoms with E-state index in [2.05, 4.69) is 52.9 Å². The summed E-state index contributed by atoms with van der Waals surface area (Å²) in [5.41, 5.74) is 2.32.